The number of carbonyl (C=O) groups excluding carboxylic acids is 2. The molecule has 1 heterocycles. The summed E-state index contributed by atoms with van der Waals surface area (Å²) in [5, 5.41) is 0. The summed E-state index contributed by atoms with van der Waals surface area (Å²) in [5.41, 5.74) is 1.04. The molecule has 0 aliphatic heterocycles. The zero-order valence-electron chi connectivity index (χ0n) is 11.5. The van der Waals surface area contributed by atoms with Crippen molar-refractivity contribution >= 4 is 11.9 Å². The smallest absolute Gasteiger partial charge is 0.307 e. The predicted octanol–water partition coefficient (Wildman–Crippen LogP) is 1.43. The van der Waals surface area contributed by atoms with Crippen LogP contribution in [0, 0.1) is 0 Å². The van der Waals surface area contributed by atoms with Gasteiger partial charge in [0.05, 0.1) is 13.5 Å². The van der Waals surface area contributed by atoms with Gasteiger partial charge in [-0.25, -0.2) is 0 Å². The number of esters is 1. The molecule has 19 heavy (non-hydrogen) atoms. The Morgan fingerprint density at radius 2 is 2.16 bits per heavy atom. The highest BCUT2D eigenvalue weighted by atomic mass is 16.5. The van der Waals surface area contributed by atoms with Crippen molar-refractivity contribution in [3.05, 3.63) is 30.1 Å². The van der Waals surface area contributed by atoms with Gasteiger partial charge in [0.1, 0.15) is 0 Å². The molecule has 0 aliphatic carbocycles. The molecule has 0 fully saturated rings. The number of nitrogens with zero attached hydrogens (tertiary/aromatic N) is 2. The van der Waals surface area contributed by atoms with Crippen molar-refractivity contribution in [2.75, 3.05) is 20.2 Å². The van der Waals surface area contributed by atoms with E-state index in [2.05, 4.69) is 9.72 Å². The second kappa shape index (κ2) is 8.24. The van der Waals surface area contributed by atoms with Gasteiger partial charge >= 0.3 is 5.97 Å². The first-order valence-electron chi connectivity index (χ1n) is 6.40. The minimum Gasteiger partial charge on any atom is -0.469 e. The van der Waals surface area contributed by atoms with Crippen LogP contribution in [0.2, 0.25) is 0 Å². The van der Waals surface area contributed by atoms with Gasteiger partial charge in [0.2, 0.25) is 5.91 Å². The lowest BCUT2D eigenvalue weighted by molar-refractivity contribution is -0.141. The van der Waals surface area contributed by atoms with Crippen molar-refractivity contribution in [3.8, 4) is 0 Å². The highest BCUT2D eigenvalue weighted by molar-refractivity contribution is 5.77. The average Bonchev–Trinajstić information content (AvgIpc) is 2.46. The molecule has 104 valence electrons. The summed E-state index contributed by atoms with van der Waals surface area (Å²) in [6.07, 6.45) is 4.81. The van der Waals surface area contributed by atoms with E-state index in [0.29, 0.717) is 25.9 Å². The van der Waals surface area contributed by atoms with E-state index < -0.39 is 0 Å². The summed E-state index contributed by atoms with van der Waals surface area (Å²) >= 11 is 0. The molecule has 0 unspecified atom stereocenters. The van der Waals surface area contributed by atoms with Gasteiger partial charge in [-0.3, -0.25) is 14.6 Å². The molecule has 1 aromatic heterocycles. The molecule has 1 aromatic rings. The van der Waals surface area contributed by atoms with Gasteiger partial charge in [0.15, 0.2) is 0 Å². The fourth-order valence-corrected chi connectivity index (χ4v) is 1.74. The number of methoxy groups -OCH3 is 1. The third-order valence-electron chi connectivity index (χ3n) is 2.90. The van der Waals surface area contributed by atoms with Crippen LogP contribution in [0.3, 0.4) is 0 Å². The van der Waals surface area contributed by atoms with Crippen LogP contribution in [0.1, 0.15) is 25.3 Å². The van der Waals surface area contributed by atoms with Gasteiger partial charge in [-0.05, 0) is 25.0 Å². The van der Waals surface area contributed by atoms with Crippen molar-refractivity contribution in [1.82, 2.24) is 9.88 Å². The van der Waals surface area contributed by atoms with E-state index in [9.17, 15) is 9.59 Å². The highest BCUT2D eigenvalue weighted by Crippen LogP contribution is 2.04. The fourth-order valence-electron chi connectivity index (χ4n) is 1.74. The molecule has 1 amide bonds. The molecule has 5 nitrogen and oxygen atoms in total. The number of aryl methyl sites for hydroxylation is 1. The van der Waals surface area contributed by atoms with Crippen LogP contribution in [0.25, 0.3) is 0 Å². The minimum absolute atomic E-state index is 0.0512. The van der Waals surface area contributed by atoms with Crippen molar-refractivity contribution in [3.63, 3.8) is 0 Å². The van der Waals surface area contributed by atoms with Crippen LogP contribution in [0.15, 0.2) is 24.5 Å². The number of hydrogen-bond acceptors (Lipinski definition) is 4. The summed E-state index contributed by atoms with van der Waals surface area (Å²) in [7, 11) is 1.35. The van der Waals surface area contributed by atoms with E-state index in [1.807, 2.05) is 19.1 Å². The Morgan fingerprint density at radius 3 is 2.74 bits per heavy atom. The maximum atomic E-state index is 12.0. The molecule has 5 heteroatoms. The van der Waals surface area contributed by atoms with Gasteiger partial charge in [-0.2, -0.15) is 0 Å². The highest BCUT2D eigenvalue weighted by Gasteiger charge is 2.13. The molecule has 0 N–H and O–H groups in total. The van der Waals surface area contributed by atoms with E-state index in [1.165, 1.54) is 7.11 Å². The van der Waals surface area contributed by atoms with Crippen LogP contribution in [0.5, 0.6) is 0 Å². The molecule has 0 aromatic carbocycles. The van der Waals surface area contributed by atoms with Crippen LogP contribution >= 0.6 is 0 Å². The lowest BCUT2D eigenvalue weighted by Crippen LogP contribution is -2.33. The third kappa shape index (κ3) is 5.50. The molecular formula is C14H20N2O3. The molecule has 0 bridgehead atoms. The van der Waals surface area contributed by atoms with Crippen molar-refractivity contribution in [2.24, 2.45) is 0 Å². The maximum Gasteiger partial charge on any atom is 0.307 e. The molecule has 0 spiro atoms. The molecular weight excluding hydrogens is 244 g/mol. The van der Waals surface area contributed by atoms with Crippen LogP contribution < -0.4 is 0 Å². The summed E-state index contributed by atoms with van der Waals surface area (Å²) < 4.78 is 4.57. The SMILES string of the molecule is CCN(CCC(=O)OC)C(=O)CCc1cccnc1. The zero-order valence-corrected chi connectivity index (χ0v) is 11.5. The Bertz CT molecular complexity index is 406. The van der Waals surface area contributed by atoms with Gasteiger partial charge in [0.25, 0.3) is 0 Å². The van der Waals surface area contributed by atoms with Gasteiger partial charge in [0, 0.05) is 31.9 Å². The van der Waals surface area contributed by atoms with Crippen molar-refractivity contribution in [1.29, 1.82) is 0 Å². The summed E-state index contributed by atoms with van der Waals surface area (Å²) in [6, 6.07) is 3.81. The van der Waals surface area contributed by atoms with E-state index in [-0.39, 0.29) is 18.3 Å². The van der Waals surface area contributed by atoms with Crippen LogP contribution in [-0.4, -0.2) is 42.0 Å². The second-order valence-corrected chi connectivity index (χ2v) is 4.16. The van der Waals surface area contributed by atoms with E-state index in [4.69, 9.17) is 0 Å². The molecule has 0 atom stereocenters. The van der Waals surface area contributed by atoms with E-state index in [1.54, 1.807) is 17.3 Å². The maximum absolute atomic E-state index is 12.0. The Morgan fingerprint density at radius 1 is 1.37 bits per heavy atom. The lowest BCUT2D eigenvalue weighted by Gasteiger charge is -2.20. The fraction of sp³-hybridized carbons (Fsp3) is 0.500. The Hall–Kier alpha value is -1.91. The number of hydrogen-bond donors (Lipinski definition) is 0. The number of pyridine rings is 1. The van der Waals surface area contributed by atoms with Gasteiger partial charge in [-0.1, -0.05) is 6.07 Å². The zero-order chi connectivity index (χ0) is 14.1. The molecule has 0 saturated carbocycles. The molecule has 0 aliphatic rings. The van der Waals surface area contributed by atoms with Gasteiger partial charge in [-0.15, -0.1) is 0 Å². The normalized spacial score (nSPS) is 10.0. The summed E-state index contributed by atoms with van der Waals surface area (Å²) in [5.74, 6) is -0.242. The average molecular weight is 264 g/mol. The van der Waals surface area contributed by atoms with Crippen molar-refractivity contribution < 1.29 is 14.3 Å². The van der Waals surface area contributed by atoms with E-state index in [0.717, 1.165) is 5.56 Å². The second-order valence-electron chi connectivity index (χ2n) is 4.16. The number of amides is 1. The van der Waals surface area contributed by atoms with Crippen molar-refractivity contribution in [2.45, 2.75) is 26.2 Å². The Kier molecular flexibility index (Phi) is 6.57. The van der Waals surface area contributed by atoms with Crippen LogP contribution in [0.4, 0.5) is 0 Å². The monoisotopic (exact) mass is 264 g/mol. The topological polar surface area (TPSA) is 59.5 Å². The predicted molar refractivity (Wildman–Crippen MR) is 71.4 cm³/mol. The number of carbonyl (C=O) groups is 2. The number of rotatable bonds is 7. The molecule has 0 saturated heterocycles. The quantitative estimate of drug-likeness (QED) is 0.699. The molecule has 0 radical (unpaired) electrons. The summed E-state index contributed by atoms with van der Waals surface area (Å²) in [4.78, 5) is 28.8. The van der Waals surface area contributed by atoms with E-state index >= 15 is 0 Å². The first kappa shape index (κ1) is 15.1. The first-order chi connectivity index (χ1) is 9.17. The number of aromatic nitrogens is 1. The summed E-state index contributed by atoms with van der Waals surface area (Å²) in [6.45, 7) is 2.91. The largest absolute Gasteiger partial charge is 0.469 e. The third-order valence-corrected chi connectivity index (χ3v) is 2.90. The minimum atomic E-state index is -0.293. The Balaban J connectivity index is 2.39. The first-order valence-corrected chi connectivity index (χ1v) is 6.40. The molecule has 1 rings (SSSR count). The van der Waals surface area contributed by atoms with Crippen LogP contribution in [-0.2, 0) is 20.7 Å². The Labute approximate surface area is 113 Å². The standard InChI is InChI=1S/C14H20N2O3/c1-3-16(10-8-14(18)19-2)13(17)7-6-12-5-4-9-15-11-12/h4-5,9,11H,3,6-8,10H2,1-2H3. The number of ether oxygens (including phenoxy) is 1. The lowest BCUT2D eigenvalue weighted by atomic mass is 10.1. The van der Waals surface area contributed by atoms with Gasteiger partial charge < -0.3 is 9.64 Å².